The van der Waals surface area contributed by atoms with Crippen LogP contribution in [0.5, 0.6) is 17.2 Å². The van der Waals surface area contributed by atoms with E-state index in [0.717, 1.165) is 44.0 Å². The molecule has 1 aromatic rings. The molecular weight excluding hydrogens is 499 g/mol. The molecule has 1 aliphatic rings. The second kappa shape index (κ2) is 13.4. The van der Waals surface area contributed by atoms with E-state index in [9.17, 15) is 4.79 Å². The van der Waals surface area contributed by atoms with Crippen molar-refractivity contribution in [3.8, 4) is 17.2 Å². The molecule has 1 aromatic carbocycles. The number of halogens is 1. The molecule has 0 radical (unpaired) electrons. The standard InChI is InChI=1S/C21H34N4O4.HI/c1-6-23-21(25-9-7-15(8-10-25)11-20(26)22-2)24-14-16-12-18(28-4)19(29-5)13-17(16)27-3;/h12-13,15H,6-11,14H2,1-5H3,(H,22,26)(H,23,24);1H. The smallest absolute Gasteiger partial charge is 0.220 e. The Hall–Kier alpha value is -1.91. The highest BCUT2D eigenvalue weighted by Crippen LogP contribution is 2.35. The van der Waals surface area contributed by atoms with Gasteiger partial charge in [0.05, 0.1) is 27.9 Å². The fourth-order valence-electron chi connectivity index (χ4n) is 3.52. The molecule has 30 heavy (non-hydrogen) atoms. The third kappa shape index (κ3) is 7.10. The molecule has 0 aliphatic carbocycles. The Morgan fingerprint density at radius 2 is 1.70 bits per heavy atom. The number of nitrogens with one attached hydrogen (secondary N) is 2. The molecule has 2 rings (SSSR count). The molecule has 1 saturated heterocycles. The van der Waals surface area contributed by atoms with Crippen LogP contribution in [0, 0.1) is 5.92 Å². The number of aliphatic imine (C=N–C) groups is 1. The molecule has 0 atom stereocenters. The SMILES string of the molecule is CCNC(=NCc1cc(OC)c(OC)cc1OC)N1CCC(CC(=O)NC)CC1.I. The Bertz CT molecular complexity index is 706. The monoisotopic (exact) mass is 534 g/mol. The summed E-state index contributed by atoms with van der Waals surface area (Å²) in [5.74, 6) is 3.42. The number of amides is 1. The minimum absolute atomic E-state index is 0. The largest absolute Gasteiger partial charge is 0.496 e. The molecule has 8 nitrogen and oxygen atoms in total. The van der Waals surface area contributed by atoms with Crippen LogP contribution in [0.4, 0.5) is 0 Å². The van der Waals surface area contributed by atoms with Crippen molar-refractivity contribution in [2.45, 2.75) is 32.7 Å². The summed E-state index contributed by atoms with van der Waals surface area (Å²) in [6, 6.07) is 3.72. The zero-order valence-electron chi connectivity index (χ0n) is 18.6. The van der Waals surface area contributed by atoms with Crippen molar-refractivity contribution in [2.75, 3.05) is 48.0 Å². The summed E-state index contributed by atoms with van der Waals surface area (Å²) in [6.07, 6.45) is 2.57. The number of hydrogen-bond donors (Lipinski definition) is 2. The number of piperidine rings is 1. The van der Waals surface area contributed by atoms with Crippen LogP contribution >= 0.6 is 24.0 Å². The number of nitrogens with zero attached hydrogens (tertiary/aromatic N) is 2. The van der Waals surface area contributed by atoms with Gasteiger partial charge < -0.3 is 29.7 Å². The second-order valence-corrected chi connectivity index (χ2v) is 7.00. The second-order valence-electron chi connectivity index (χ2n) is 7.00. The fraction of sp³-hybridized carbons (Fsp3) is 0.619. The van der Waals surface area contributed by atoms with Gasteiger partial charge in [0.1, 0.15) is 5.75 Å². The number of methoxy groups -OCH3 is 3. The first-order valence-corrected chi connectivity index (χ1v) is 10.1. The van der Waals surface area contributed by atoms with E-state index >= 15 is 0 Å². The summed E-state index contributed by atoms with van der Waals surface area (Å²) in [5.41, 5.74) is 0.926. The van der Waals surface area contributed by atoms with Gasteiger partial charge in [-0.2, -0.15) is 0 Å². The topological polar surface area (TPSA) is 84.4 Å². The van der Waals surface area contributed by atoms with Crippen LogP contribution in [-0.4, -0.2) is 64.8 Å². The molecule has 1 heterocycles. The minimum Gasteiger partial charge on any atom is -0.496 e. The van der Waals surface area contributed by atoms with Crippen LogP contribution in [0.2, 0.25) is 0 Å². The summed E-state index contributed by atoms with van der Waals surface area (Å²) in [5, 5.41) is 6.09. The molecule has 0 unspecified atom stereocenters. The minimum atomic E-state index is 0. The van der Waals surface area contributed by atoms with Crippen LogP contribution < -0.4 is 24.8 Å². The van der Waals surface area contributed by atoms with Gasteiger partial charge in [0.15, 0.2) is 17.5 Å². The van der Waals surface area contributed by atoms with Crippen molar-refractivity contribution in [3.63, 3.8) is 0 Å². The van der Waals surface area contributed by atoms with Gasteiger partial charge in [-0.05, 0) is 31.7 Å². The number of hydrogen-bond acceptors (Lipinski definition) is 5. The lowest BCUT2D eigenvalue weighted by Crippen LogP contribution is -2.46. The summed E-state index contributed by atoms with van der Waals surface area (Å²) in [4.78, 5) is 18.7. The van der Waals surface area contributed by atoms with Gasteiger partial charge in [-0.1, -0.05) is 0 Å². The average molecular weight is 534 g/mol. The summed E-state index contributed by atoms with van der Waals surface area (Å²) < 4.78 is 16.3. The first-order valence-electron chi connectivity index (χ1n) is 10.1. The maximum Gasteiger partial charge on any atom is 0.220 e. The normalized spacial score (nSPS) is 14.6. The number of carbonyl (C=O) groups is 1. The van der Waals surface area contributed by atoms with Crippen LogP contribution in [0.25, 0.3) is 0 Å². The van der Waals surface area contributed by atoms with E-state index in [0.29, 0.717) is 36.1 Å². The van der Waals surface area contributed by atoms with Gasteiger partial charge >= 0.3 is 0 Å². The quantitative estimate of drug-likeness (QED) is 0.303. The first-order chi connectivity index (χ1) is 14.1. The predicted octanol–water partition coefficient (Wildman–Crippen LogP) is 2.64. The highest BCUT2D eigenvalue weighted by molar-refractivity contribution is 14.0. The number of ether oxygens (including phenoxy) is 3. The molecule has 0 spiro atoms. The van der Waals surface area contributed by atoms with Crippen LogP contribution in [0.1, 0.15) is 31.7 Å². The maximum absolute atomic E-state index is 11.6. The van der Waals surface area contributed by atoms with E-state index < -0.39 is 0 Å². The van der Waals surface area contributed by atoms with E-state index in [1.807, 2.05) is 12.1 Å². The third-order valence-corrected chi connectivity index (χ3v) is 5.19. The lowest BCUT2D eigenvalue weighted by atomic mass is 9.93. The van der Waals surface area contributed by atoms with Crippen molar-refractivity contribution in [1.82, 2.24) is 15.5 Å². The van der Waals surface area contributed by atoms with Crippen molar-refractivity contribution >= 4 is 35.8 Å². The van der Waals surface area contributed by atoms with E-state index in [-0.39, 0.29) is 29.9 Å². The molecular formula is C21H35IN4O4. The van der Waals surface area contributed by atoms with Gasteiger partial charge in [-0.15, -0.1) is 24.0 Å². The Morgan fingerprint density at radius 1 is 1.10 bits per heavy atom. The lowest BCUT2D eigenvalue weighted by Gasteiger charge is -2.34. The van der Waals surface area contributed by atoms with Gasteiger partial charge in [0, 0.05) is 44.7 Å². The van der Waals surface area contributed by atoms with Crippen molar-refractivity contribution in [1.29, 1.82) is 0 Å². The average Bonchev–Trinajstić information content (AvgIpc) is 2.76. The fourth-order valence-corrected chi connectivity index (χ4v) is 3.52. The molecule has 0 bridgehead atoms. The van der Waals surface area contributed by atoms with Crippen LogP contribution in [0.3, 0.4) is 0 Å². The number of rotatable bonds is 8. The Kier molecular flexibility index (Phi) is 11.7. The molecule has 0 saturated carbocycles. The van der Waals surface area contributed by atoms with Crippen LogP contribution in [0.15, 0.2) is 17.1 Å². The zero-order valence-corrected chi connectivity index (χ0v) is 20.9. The van der Waals surface area contributed by atoms with E-state index in [2.05, 4.69) is 22.5 Å². The van der Waals surface area contributed by atoms with Crippen LogP contribution in [-0.2, 0) is 11.3 Å². The van der Waals surface area contributed by atoms with Gasteiger partial charge in [-0.25, -0.2) is 4.99 Å². The molecule has 170 valence electrons. The lowest BCUT2D eigenvalue weighted by molar-refractivity contribution is -0.121. The van der Waals surface area contributed by atoms with Crippen molar-refractivity contribution in [2.24, 2.45) is 10.9 Å². The molecule has 0 aromatic heterocycles. The number of likely N-dealkylation sites (tertiary alicyclic amines) is 1. The number of benzene rings is 1. The number of carbonyl (C=O) groups excluding carboxylic acids is 1. The first kappa shape index (κ1) is 26.1. The Balaban J connectivity index is 0.00000450. The van der Waals surface area contributed by atoms with Gasteiger partial charge in [0.25, 0.3) is 0 Å². The Labute approximate surface area is 196 Å². The van der Waals surface area contributed by atoms with Gasteiger partial charge in [0.2, 0.25) is 5.91 Å². The molecule has 1 fully saturated rings. The highest BCUT2D eigenvalue weighted by atomic mass is 127. The Morgan fingerprint density at radius 3 is 2.23 bits per heavy atom. The van der Waals surface area contributed by atoms with E-state index in [4.69, 9.17) is 19.2 Å². The summed E-state index contributed by atoms with van der Waals surface area (Å²) >= 11 is 0. The van der Waals surface area contributed by atoms with Gasteiger partial charge in [-0.3, -0.25) is 4.79 Å². The molecule has 1 amide bonds. The van der Waals surface area contributed by atoms with Crippen molar-refractivity contribution < 1.29 is 19.0 Å². The maximum atomic E-state index is 11.6. The van der Waals surface area contributed by atoms with E-state index in [1.54, 1.807) is 28.4 Å². The highest BCUT2D eigenvalue weighted by Gasteiger charge is 2.23. The zero-order chi connectivity index (χ0) is 21.2. The molecule has 2 N–H and O–H groups in total. The predicted molar refractivity (Wildman–Crippen MR) is 129 cm³/mol. The summed E-state index contributed by atoms with van der Waals surface area (Å²) in [6.45, 7) is 5.09. The van der Waals surface area contributed by atoms with Crippen molar-refractivity contribution in [3.05, 3.63) is 17.7 Å². The summed E-state index contributed by atoms with van der Waals surface area (Å²) in [7, 11) is 6.54. The number of guanidine groups is 1. The third-order valence-electron chi connectivity index (χ3n) is 5.19. The molecule has 1 aliphatic heterocycles. The molecule has 9 heteroatoms. The van der Waals surface area contributed by atoms with E-state index in [1.165, 1.54) is 0 Å².